The van der Waals surface area contributed by atoms with Gasteiger partial charge >= 0.3 is 0 Å². The van der Waals surface area contributed by atoms with Gasteiger partial charge in [-0.3, -0.25) is 4.21 Å². The summed E-state index contributed by atoms with van der Waals surface area (Å²) >= 11 is 1.41. The molecule has 0 fully saturated rings. The van der Waals surface area contributed by atoms with E-state index in [0.29, 0.717) is 21.4 Å². The Morgan fingerprint density at radius 2 is 1.68 bits per heavy atom. The van der Waals surface area contributed by atoms with Gasteiger partial charge in [0.1, 0.15) is 11.1 Å². The zero-order chi connectivity index (χ0) is 19.8. The summed E-state index contributed by atoms with van der Waals surface area (Å²) in [5.41, 5.74) is 4.20. The molecule has 1 heterocycles. The molecule has 1 atom stereocenters. The summed E-state index contributed by atoms with van der Waals surface area (Å²) in [6.07, 6.45) is 1.98. The number of pyridine rings is 1. The molecule has 3 rings (SSSR count). The molecule has 0 aliphatic carbocycles. The molecule has 3 nitrogen and oxygen atoms in total. The number of nitriles is 1. The highest BCUT2D eigenvalue weighted by molar-refractivity contribution is 8.10. The maximum Gasteiger partial charge on any atom is 0.116 e. The molecule has 0 saturated carbocycles. The van der Waals surface area contributed by atoms with E-state index in [1.54, 1.807) is 0 Å². The minimum atomic E-state index is -0.919. The fraction of sp³-hybridized carbons (Fsp3) is 0.217. The molecule has 0 aliphatic rings. The summed E-state index contributed by atoms with van der Waals surface area (Å²) in [6.45, 7) is 2.09. The summed E-state index contributed by atoms with van der Waals surface area (Å²) in [4.78, 5) is 4.76. The lowest BCUT2D eigenvalue weighted by Crippen LogP contribution is -2.02. The molecule has 28 heavy (non-hydrogen) atoms. The van der Waals surface area contributed by atoms with Crippen LogP contribution >= 0.6 is 11.8 Å². The molecule has 3 aromatic rings. The van der Waals surface area contributed by atoms with E-state index >= 15 is 0 Å². The second-order valence-electron chi connectivity index (χ2n) is 6.34. The van der Waals surface area contributed by atoms with Crippen LogP contribution in [0.4, 0.5) is 0 Å². The Morgan fingerprint density at radius 3 is 2.29 bits per heavy atom. The Morgan fingerprint density at radius 1 is 1.04 bits per heavy atom. The number of rotatable bonds is 8. The van der Waals surface area contributed by atoms with Gasteiger partial charge in [0.15, 0.2) is 0 Å². The summed E-state index contributed by atoms with van der Waals surface area (Å²) in [5.74, 6) is 0.690. The predicted molar refractivity (Wildman–Crippen MR) is 118 cm³/mol. The lowest BCUT2D eigenvalue weighted by molar-refractivity contribution is 0.682. The van der Waals surface area contributed by atoms with Gasteiger partial charge in [-0.15, -0.1) is 0 Å². The smallest absolute Gasteiger partial charge is 0.116 e. The first-order chi connectivity index (χ1) is 13.7. The highest BCUT2D eigenvalue weighted by atomic mass is 32.2. The van der Waals surface area contributed by atoms with Crippen LogP contribution in [0.3, 0.4) is 0 Å². The van der Waals surface area contributed by atoms with Gasteiger partial charge in [0.05, 0.1) is 16.3 Å². The van der Waals surface area contributed by atoms with Crippen LogP contribution in [0.1, 0.15) is 25.3 Å². The Balaban J connectivity index is 2.04. The zero-order valence-corrected chi connectivity index (χ0v) is 17.4. The highest BCUT2D eigenvalue weighted by Gasteiger charge is 2.16. The lowest BCUT2D eigenvalue weighted by atomic mass is 9.99. The van der Waals surface area contributed by atoms with E-state index in [1.165, 1.54) is 11.8 Å². The van der Waals surface area contributed by atoms with Gasteiger partial charge in [-0.25, -0.2) is 4.98 Å². The molecule has 142 valence electrons. The van der Waals surface area contributed by atoms with E-state index < -0.39 is 10.8 Å². The third kappa shape index (κ3) is 5.09. The molecule has 0 spiro atoms. The first-order valence-corrected chi connectivity index (χ1v) is 11.7. The van der Waals surface area contributed by atoms with Gasteiger partial charge in [-0.1, -0.05) is 85.8 Å². The van der Waals surface area contributed by atoms with Crippen LogP contribution in [0.2, 0.25) is 0 Å². The van der Waals surface area contributed by atoms with Gasteiger partial charge in [0, 0.05) is 27.7 Å². The SMILES string of the molecule is CCCCS(=O)CSc1nc(-c2ccccc2)cc(-c2ccccc2)c1C#N. The molecular formula is C23H22N2OS2. The van der Waals surface area contributed by atoms with Crippen molar-refractivity contribution in [2.45, 2.75) is 24.8 Å². The minimum Gasteiger partial charge on any atom is -0.259 e. The van der Waals surface area contributed by atoms with Gasteiger partial charge in [0.2, 0.25) is 0 Å². The summed E-state index contributed by atoms with van der Waals surface area (Å²) in [7, 11) is -0.919. The van der Waals surface area contributed by atoms with Gasteiger partial charge in [-0.05, 0) is 18.1 Å². The number of hydrogen-bond acceptors (Lipinski definition) is 4. The second kappa shape index (κ2) is 10.2. The largest absolute Gasteiger partial charge is 0.259 e. The van der Waals surface area contributed by atoms with Crippen LogP contribution < -0.4 is 0 Å². The second-order valence-corrected chi connectivity index (χ2v) is 9.24. The van der Waals surface area contributed by atoms with E-state index in [0.717, 1.165) is 35.2 Å². The number of aromatic nitrogens is 1. The molecular weight excluding hydrogens is 384 g/mol. The summed E-state index contributed by atoms with van der Waals surface area (Å²) < 4.78 is 12.3. The number of benzene rings is 2. The van der Waals surface area contributed by atoms with Crippen molar-refractivity contribution < 1.29 is 4.21 Å². The van der Waals surface area contributed by atoms with E-state index in [2.05, 4.69) is 13.0 Å². The maximum atomic E-state index is 12.3. The van der Waals surface area contributed by atoms with Gasteiger partial charge in [0.25, 0.3) is 0 Å². The molecule has 5 heteroatoms. The van der Waals surface area contributed by atoms with Crippen LogP contribution in [0.5, 0.6) is 0 Å². The summed E-state index contributed by atoms with van der Waals surface area (Å²) in [5, 5.41) is 10.9. The quantitative estimate of drug-likeness (QED) is 0.438. The first-order valence-electron chi connectivity index (χ1n) is 9.26. The Kier molecular flexibility index (Phi) is 7.41. The van der Waals surface area contributed by atoms with Gasteiger partial charge < -0.3 is 0 Å². The molecule has 0 saturated heterocycles. The summed E-state index contributed by atoms with van der Waals surface area (Å²) in [6, 6.07) is 24.1. The zero-order valence-electron chi connectivity index (χ0n) is 15.8. The molecule has 0 aliphatic heterocycles. The van der Waals surface area contributed by atoms with E-state index in [1.807, 2.05) is 66.7 Å². The third-order valence-electron chi connectivity index (χ3n) is 4.31. The molecule has 2 aromatic carbocycles. The Hall–Kier alpha value is -2.42. The van der Waals surface area contributed by atoms with Crippen molar-refractivity contribution in [3.63, 3.8) is 0 Å². The fourth-order valence-corrected chi connectivity index (χ4v) is 5.34. The van der Waals surface area contributed by atoms with Gasteiger partial charge in [-0.2, -0.15) is 5.26 Å². The molecule has 0 bridgehead atoms. The van der Waals surface area contributed by atoms with Crippen molar-refractivity contribution in [2.24, 2.45) is 0 Å². The average Bonchev–Trinajstić information content (AvgIpc) is 2.76. The molecule has 0 radical (unpaired) electrons. The fourth-order valence-electron chi connectivity index (χ4n) is 2.82. The average molecular weight is 407 g/mol. The van der Waals surface area contributed by atoms with E-state index in [4.69, 9.17) is 4.98 Å². The topological polar surface area (TPSA) is 53.8 Å². The standard InChI is InChI=1S/C23H22N2OS2/c1-2-3-14-28(26)17-27-23-21(16-24)20(18-10-6-4-7-11-18)15-22(25-23)19-12-8-5-9-13-19/h4-13,15H,2-3,14,17H2,1H3. The van der Waals surface area contributed by atoms with Crippen LogP contribution in [-0.2, 0) is 10.8 Å². The Bertz CT molecular complexity index is 983. The molecule has 0 amide bonds. The monoisotopic (exact) mass is 406 g/mol. The number of hydrogen-bond donors (Lipinski definition) is 0. The van der Waals surface area contributed by atoms with E-state index in [9.17, 15) is 9.47 Å². The highest BCUT2D eigenvalue weighted by Crippen LogP contribution is 2.34. The van der Waals surface area contributed by atoms with Crippen molar-refractivity contribution in [1.29, 1.82) is 5.26 Å². The van der Waals surface area contributed by atoms with Crippen LogP contribution in [0, 0.1) is 11.3 Å². The van der Waals surface area contributed by atoms with Crippen molar-refractivity contribution in [2.75, 3.05) is 10.8 Å². The molecule has 0 N–H and O–H groups in total. The molecule has 1 aromatic heterocycles. The normalized spacial score (nSPS) is 11.7. The predicted octanol–water partition coefficient (Wildman–Crippen LogP) is 5.89. The van der Waals surface area contributed by atoms with Crippen LogP contribution in [-0.4, -0.2) is 20.0 Å². The van der Waals surface area contributed by atoms with E-state index in [-0.39, 0.29) is 0 Å². The lowest BCUT2D eigenvalue weighted by Gasteiger charge is -2.12. The number of nitrogens with zero attached hydrogens (tertiary/aromatic N) is 2. The maximum absolute atomic E-state index is 12.3. The number of thioether (sulfide) groups is 1. The van der Waals surface area contributed by atoms with Crippen molar-refractivity contribution in [3.05, 3.63) is 72.3 Å². The minimum absolute atomic E-state index is 0.453. The Labute approximate surface area is 173 Å². The third-order valence-corrected chi connectivity index (χ3v) is 7.14. The van der Waals surface area contributed by atoms with Crippen molar-refractivity contribution in [1.82, 2.24) is 4.98 Å². The number of unbranched alkanes of at least 4 members (excludes halogenated alkanes) is 1. The molecule has 1 unspecified atom stereocenters. The van der Waals surface area contributed by atoms with Crippen molar-refractivity contribution >= 4 is 22.6 Å². The first kappa shape index (κ1) is 20.3. The van der Waals surface area contributed by atoms with Crippen LogP contribution in [0.15, 0.2) is 71.8 Å². The van der Waals surface area contributed by atoms with Crippen LogP contribution in [0.25, 0.3) is 22.4 Å². The van der Waals surface area contributed by atoms with Crippen molar-refractivity contribution in [3.8, 4) is 28.5 Å².